The summed E-state index contributed by atoms with van der Waals surface area (Å²) in [5, 5.41) is 10.7. The van der Waals surface area contributed by atoms with Crippen LogP contribution in [0.15, 0.2) is 29.2 Å². The minimum absolute atomic E-state index is 0.122. The van der Waals surface area contributed by atoms with E-state index in [2.05, 4.69) is 0 Å². The topological polar surface area (TPSA) is 43.1 Å². The molecule has 0 heterocycles. The number of nitrogens with zero attached hydrogens (tertiary/aromatic N) is 1. The van der Waals surface area contributed by atoms with Crippen molar-refractivity contribution < 1.29 is 4.92 Å². The van der Waals surface area contributed by atoms with Crippen LogP contribution in [-0.2, 0) is 0 Å². The quantitative estimate of drug-likeness (QED) is 0.346. The van der Waals surface area contributed by atoms with Crippen LogP contribution < -0.4 is 0 Å². The van der Waals surface area contributed by atoms with Crippen molar-refractivity contribution in [3.05, 3.63) is 34.4 Å². The molecule has 0 radical (unpaired) electrons. The van der Waals surface area contributed by atoms with Gasteiger partial charge in [-0.15, -0.1) is 23.4 Å². The Bertz CT molecular complexity index is 332. The van der Waals surface area contributed by atoms with Crippen LogP contribution in [-0.4, -0.2) is 16.1 Å². The number of thioether (sulfide) groups is 1. The molecule has 14 heavy (non-hydrogen) atoms. The van der Waals surface area contributed by atoms with E-state index in [-0.39, 0.29) is 10.9 Å². The molecule has 0 fully saturated rings. The van der Waals surface area contributed by atoms with Crippen LogP contribution >= 0.6 is 23.4 Å². The smallest absolute Gasteiger partial charge is 0.258 e. The summed E-state index contributed by atoms with van der Waals surface area (Å²) in [4.78, 5) is 11.0. The van der Waals surface area contributed by atoms with Crippen LogP contribution in [0, 0.1) is 10.1 Å². The highest BCUT2D eigenvalue weighted by Crippen LogP contribution is 2.26. The van der Waals surface area contributed by atoms with E-state index in [1.807, 2.05) is 13.0 Å². The summed E-state index contributed by atoms with van der Waals surface area (Å²) in [7, 11) is 0. The first-order chi connectivity index (χ1) is 6.63. The van der Waals surface area contributed by atoms with Gasteiger partial charge in [-0.1, -0.05) is 13.0 Å². The fourth-order valence-electron chi connectivity index (χ4n) is 0.934. The Balaban J connectivity index is 2.78. The highest BCUT2D eigenvalue weighted by atomic mass is 35.5. The Hall–Kier alpha value is -0.740. The van der Waals surface area contributed by atoms with Crippen LogP contribution in [0.25, 0.3) is 0 Å². The third-order valence-corrected chi connectivity index (χ3v) is 3.32. The van der Waals surface area contributed by atoms with E-state index in [1.54, 1.807) is 12.1 Å². The molecule has 1 rings (SSSR count). The van der Waals surface area contributed by atoms with Gasteiger partial charge in [-0.05, 0) is 6.07 Å². The van der Waals surface area contributed by atoms with E-state index in [4.69, 9.17) is 11.6 Å². The van der Waals surface area contributed by atoms with Crippen LogP contribution in [0.4, 0.5) is 5.69 Å². The molecule has 0 saturated carbocycles. The molecule has 0 N–H and O–H groups in total. The molecule has 0 saturated heterocycles. The third-order valence-electron chi connectivity index (χ3n) is 1.58. The molecule has 1 aromatic carbocycles. The van der Waals surface area contributed by atoms with Crippen LogP contribution in [0.2, 0.25) is 0 Å². The van der Waals surface area contributed by atoms with Gasteiger partial charge in [-0.2, -0.15) is 0 Å². The third kappa shape index (κ3) is 3.20. The Morgan fingerprint density at radius 2 is 2.36 bits per heavy atom. The van der Waals surface area contributed by atoms with E-state index < -0.39 is 4.92 Å². The lowest BCUT2D eigenvalue weighted by molar-refractivity contribution is -0.385. The molecular weight excluding hydrogens is 222 g/mol. The van der Waals surface area contributed by atoms with Crippen molar-refractivity contribution in [1.29, 1.82) is 0 Å². The molecule has 1 atom stereocenters. The van der Waals surface area contributed by atoms with Gasteiger partial charge in [-0.25, -0.2) is 0 Å². The molecule has 0 spiro atoms. The lowest BCUT2D eigenvalue weighted by Crippen LogP contribution is -1.96. The molecule has 3 nitrogen and oxygen atoms in total. The van der Waals surface area contributed by atoms with Crippen molar-refractivity contribution in [2.75, 3.05) is 5.88 Å². The Morgan fingerprint density at radius 1 is 1.64 bits per heavy atom. The summed E-state index contributed by atoms with van der Waals surface area (Å²) >= 11 is 7.19. The van der Waals surface area contributed by atoms with Gasteiger partial charge in [0.15, 0.2) is 0 Å². The molecule has 0 amide bonds. The van der Waals surface area contributed by atoms with E-state index in [9.17, 15) is 10.1 Å². The summed E-state index contributed by atoms with van der Waals surface area (Å²) < 4.78 is 0. The summed E-state index contributed by atoms with van der Waals surface area (Å²) in [5.41, 5.74) is 0.122. The molecule has 76 valence electrons. The zero-order valence-electron chi connectivity index (χ0n) is 7.64. The van der Waals surface area contributed by atoms with Gasteiger partial charge in [-0.3, -0.25) is 10.1 Å². The predicted molar refractivity (Wildman–Crippen MR) is 59.1 cm³/mol. The number of hydrogen-bond donors (Lipinski definition) is 0. The number of nitro groups is 1. The molecule has 0 bridgehead atoms. The number of non-ortho nitro benzene ring substituents is 1. The standard InChI is InChI=1S/C9H10ClNO2S/c1-7(6-10)14-9-4-2-3-8(5-9)11(12)13/h2-5,7H,6H2,1H3. The minimum Gasteiger partial charge on any atom is -0.258 e. The molecule has 1 aromatic rings. The van der Waals surface area contributed by atoms with E-state index in [0.29, 0.717) is 5.88 Å². The van der Waals surface area contributed by atoms with Crippen molar-refractivity contribution >= 4 is 29.1 Å². The maximum absolute atomic E-state index is 10.5. The van der Waals surface area contributed by atoms with Crippen molar-refractivity contribution in [3.63, 3.8) is 0 Å². The maximum Gasteiger partial charge on any atom is 0.270 e. The zero-order chi connectivity index (χ0) is 10.6. The average Bonchev–Trinajstić information content (AvgIpc) is 2.18. The molecule has 5 heteroatoms. The number of benzene rings is 1. The molecule has 0 aromatic heterocycles. The lowest BCUT2D eigenvalue weighted by Gasteiger charge is -2.06. The SMILES string of the molecule is CC(CCl)Sc1cccc([N+](=O)[O-])c1. The second-order valence-electron chi connectivity index (χ2n) is 2.84. The van der Waals surface area contributed by atoms with E-state index in [0.717, 1.165) is 4.90 Å². The Morgan fingerprint density at radius 3 is 2.93 bits per heavy atom. The first-order valence-electron chi connectivity index (χ1n) is 4.10. The number of alkyl halides is 1. The van der Waals surface area contributed by atoms with Crippen LogP contribution in [0.1, 0.15) is 6.92 Å². The highest BCUT2D eigenvalue weighted by Gasteiger charge is 2.08. The van der Waals surface area contributed by atoms with Gasteiger partial charge in [0.05, 0.1) is 4.92 Å². The van der Waals surface area contributed by atoms with Crippen molar-refractivity contribution in [3.8, 4) is 0 Å². The van der Waals surface area contributed by atoms with Gasteiger partial charge in [0.1, 0.15) is 0 Å². The predicted octanol–water partition coefficient (Wildman–Crippen LogP) is 3.31. The molecular formula is C9H10ClNO2S. The largest absolute Gasteiger partial charge is 0.270 e. The van der Waals surface area contributed by atoms with Gasteiger partial charge in [0.25, 0.3) is 5.69 Å². The molecule has 0 aliphatic heterocycles. The van der Waals surface area contributed by atoms with E-state index in [1.165, 1.54) is 17.8 Å². The normalized spacial score (nSPS) is 12.4. The molecule has 0 aliphatic rings. The van der Waals surface area contributed by atoms with Gasteiger partial charge in [0.2, 0.25) is 0 Å². The zero-order valence-corrected chi connectivity index (χ0v) is 9.22. The maximum atomic E-state index is 10.5. The fourth-order valence-corrected chi connectivity index (χ4v) is 2.00. The summed E-state index contributed by atoms with van der Waals surface area (Å²) in [6.07, 6.45) is 0. The first kappa shape index (κ1) is 11.3. The molecule has 0 aliphatic carbocycles. The monoisotopic (exact) mass is 231 g/mol. The summed E-state index contributed by atoms with van der Waals surface area (Å²) in [5.74, 6) is 0.535. The van der Waals surface area contributed by atoms with Gasteiger partial charge in [0, 0.05) is 28.2 Å². The summed E-state index contributed by atoms with van der Waals surface area (Å²) in [6.45, 7) is 1.98. The lowest BCUT2D eigenvalue weighted by atomic mass is 10.3. The Labute approximate surface area is 91.6 Å². The first-order valence-corrected chi connectivity index (χ1v) is 5.52. The second-order valence-corrected chi connectivity index (χ2v) is 4.66. The van der Waals surface area contributed by atoms with Gasteiger partial charge >= 0.3 is 0 Å². The van der Waals surface area contributed by atoms with Crippen molar-refractivity contribution in [2.24, 2.45) is 0 Å². The minimum atomic E-state index is -0.393. The highest BCUT2D eigenvalue weighted by molar-refractivity contribution is 8.00. The number of hydrogen-bond acceptors (Lipinski definition) is 3. The number of nitro benzene ring substituents is 1. The van der Waals surface area contributed by atoms with Crippen molar-refractivity contribution in [1.82, 2.24) is 0 Å². The van der Waals surface area contributed by atoms with E-state index >= 15 is 0 Å². The average molecular weight is 232 g/mol. The summed E-state index contributed by atoms with van der Waals surface area (Å²) in [6, 6.07) is 6.57. The van der Waals surface area contributed by atoms with Crippen molar-refractivity contribution in [2.45, 2.75) is 17.1 Å². The number of halogens is 1. The van der Waals surface area contributed by atoms with Gasteiger partial charge < -0.3 is 0 Å². The number of rotatable bonds is 4. The molecule has 1 unspecified atom stereocenters. The second kappa shape index (κ2) is 5.22. The Kier molecular flexibility index (Phi) is 4.22. The van der Waals surface area contributed by atoms with Crippen LogP contribution in [0.3, 0.4) is 0 Å². The van der Waals surface area contributed by atoms with Crippen LogP contribution in [0.5, 0.6) is 0 Å². The fraction of sp³-hybridized carbons (Fsp3) is 0.333.